The van der Waals surface area contributed by atoms with E-state index in [2.05, 4.69) is 5.10 Å². The van der Waals surface area contributed by atoms with Crippen molar-refractivity contribution >= 4 is 12.6 Å². The van der Waals surface area contributed by atoms with Crippen LogP contribution in [0.3, 0.4) is 0 Å². The summed E-state index contributed by atoms with van der Waals surface area (Å²) in [6.45, 7) is 9.48. The number of aliphatic hydroxyl groups is 1. The van der Waals surface area contributed by atoms with E-state index in [0.717, 1.165) is 18.3 Å². The van der Waals surface area contributed by atoms with Gasteiger partial charge in [-0.25, -0.2) is 0 Å². The van der Waals surface area contributed by atoms with Crippen LogP contribution < -0.4 is 5.46 Å². The molecule has 0 spiro atoms. The third-order valence-corrected chi connectivity index (χ3v) is 5.33. The van der Waals surface area contributed by atoms with Crippen molar-refractivity contribution in [2.45, 2.75) is 57.3 Å². The molecule has 2 aliphatic heterocycles. The molecular weight excluding hydrogens is 283 g/mol. The zero-order valence-corrected chi connectivity index (χ0v) is 13.8. The van der Waals surface area contributed by atoms with Gasteiger partial charge in [-0.3, -0.25) is 4.68 Å². The summed E-state index contributed by atoms with van der Waals surface area (Å²) in [5.74, 6) is 0. The Hall–Kier alpha value is -0.885. The van der Waals surface area contributed by atoms with Crippen molar-refractivity contribution in [1.82, 2.24) is 9.78 Å². The maximum Gasteiger partial charge on any atom is 0.498 e. The third-order valence-electron chi connectivity index (χ3n) is 5.33. The van der Waals surface area contributed by atoms with E-state index in [1.165, 1.54) is 0 Å². The Morgan fingerprint density at radius 2 is 1.77 bits per heavy atom. The van der Waals surface area contributed by atoms with Crippen molar-refractivity contribution in [2.75, 3.05) is 19.8 Å². The lowest BCUT2D eigenvalue weighted by Crippen LogP contribution is -2.43. The number of nitrogens with zero attached hydrogens (tertiary/aromatic N) is 2. The van der Waals surface area contributed by atoms with Crippen molar-refractivity contribution < 1.29 is 19.2 Å². The summed E-state index contributed by atoms with van der Waals surface area (Å²) in [6, 6.07) is 0. The molecule has 0 radical (unpaired) electrons. The number of hydrogen-bond acceptors (Lipinski definition) is 5. The molecule has 0 bridgehead atoms. The Morgan fingerprint density at radius 3 is 2.32 bits per heavy atom. The molecule has 2 aliphatic rings. The molecule has 0 unspecified atom stereocenters. The van der Waals surface area contributed by atoms with Crippen LogP contribution in [0.5, 0.6) is 0 Å². The molecule has 1 N–H and O–H groups in total. The highest BCUT2D eigenvalue weighted by atomic mass is 16.7. The quantitative estimate of drug-likeness (QED) is 0.832. The number of aliphatic hydroxyl groups excluding tert-OH is 1. The smallest absolute Gasteiger partial charge is 0.399 e. The molecule has 1 aromatic heterocycles. The molecule has 0 aromatic carbocycles. The van der Waals surface area contributed by atoms with E-state index in [1.54, 1.807) is 6.20 Å². The van der Waals surface area contributed by atoms with Gasteiger partial charge in [0.15, 0.2) is 0 Å². The zero-order valence-electron chi connectivity index (χ0n) is 13.8. The number of hydrogen-bond donors (Lipinski definition) is 1. The Morgan fingerprint density at radius 1 is 1.18 bits per heavy atom. The molecule has 0 aliphatic carbocycles. The maximum atomic E-state index is 9.86. The van der Waals surface area contributed by atoms with Gasteiger partial charge in [0.1, 0.15) is 0 Å². The predicted molar refractivity (Wildman–Crippen MR) is 83.1 cm³/mol. The van der Waals surface area contributed by atoms with Crippen LogP contribution in [0.4, 0.5) is 0 Å². The fourth-order valence-corrected chi connectivity index (χ4v) is 2.91. The van der Waals surface area contributed by atoms with Gasteiger partial charge in [-0.1, -0.05) is 0 Å². The number of aromatic nitrogens is 2. The van der Waals surface area contributed by atoms with Crippen molar-refractivity contribution in [2.24, 2.45) is 0 Å². The highest BCUT2D eigenvalue weighted by Gasteiger charge is 2.52. The minimum absolute atomic E-state index is 0.0564. The van der Waals surface area contributed by atoms with Gasteiger partial charge in [0.05, 0.1) is 23.3 Å². The van der Waals surface area contributed by atoms with Crippen LogP contribution in [0, 0.1) is 0 Å². The van der Waals surface area contributed by atoms with Gasteiger partial charge in [-0.2, -0.15) is 5.10 Å². The van der Waals surface area contributed by atoms with Crippen LogP contribution in [-0.2, 0) is 19.6 Å². The molecule has 2 saturated heterocycles. The Bertz CT molecular complexity index is 521. The SMILES string of the molecule is CC1(C)OB(c2cnn(C3(CO)CCOCC3)c2)OC1(C)C. The van der Waals surface area contributed by atoms with Gasteiger partial charge in [-0.15, -0.1) is 0 Å². The summed E-state index contributed by atoms with van der Waals surface area (Å²) < 4.78 is 19.4. The van der Waals surface area contributed by atoms with E-state index in [1.807, 2.05) is 38.6 Å². The Labute approximate surface area is 131 Å². The summed E-state index contributed by atoms with van der Waals surface area (Å²) >= 11 is 0. The molecule has 0 amide bonds. The van der Waals surface area contributed by atoms with Crippen LogP contribution in [0.1, 0.15) is 40.5 Å². The van der Waals surface area contributed by atoms with Crippen LogP contribution in [0.25, 0.3) is 0 Å². The first kappa shape index (κ1) is 16.0. The van der Waals surface area contributed by atoms with Crippen molar-refractivity contribution in [3.8, 4) is 0 Å². The average molecular weight is 308 g/mol. The highest BCUT2D eigenvalue weighted by Crippen LogP contribution is 2.36. The largest absolute Gasteiger partial charge is 0.498 e. The summed E-state index contributed by atoms with van der Waals surface area (Å²) in [5, 5.41) is 14.3. The lowest BCUT2D eigenvalue weighted by molar-refractivity contribution is -0.0143. The summed E-state index contributed by atoms with van der Waals surface area (Å²) in [5.41, 5.74) is -0.224. The monoisotopic (exact) mass is 308 g/mol. The van der Waals surface area contributed by atoms with E-state index >= 15 is 0 Å². The highest BCUT2D eigenvalue weighted by molar-refractivity contribution is 6.62. The Balaban J connectivity index is 1.83. The molecule has 0 saturated carbocycles. The number of ether oxygens (including phenoxy) is 1. The summed E-state index contributed by atoms with van der Waals surface area (Å²) in [6.07, 6.45) is 5.22. The standard InChI is InChI=1S/C15H25BN2O4/c1-13(2)14(3,4)22-16(21-13)12-9-17-18(10-12)15(11-19)5-7-20-8-6-15/h9-10,19H,5-8,11H2,1-4H3. The van der Waals surface area contributed by atoms with E-state index < -0.39 is 7.12 Å². The average Bonchev–Trinajstić information content (AvgIpc) is 3.04. The lowest BCUT2D eigenvalue weighted by atomic mass is 9.81. The zero-order chi connectivity index (χ0) is 16.0. The molecule has 0 atom stereocenters. The topological polar surface area (TPSA) is 65.7 Å². The van der Waals surface area contributed by atoms with Gasteiger partial charge in [0, 0.05) is 31.1 Å². The molecule has 122 valence electrons. The van der Waals surface area contributed by atoms with E-state index in [4.69, 9.17) is 14.0 Å². The first-order chi connectivity index (χ1) is 10.3. The molecule has 6 nitrogen and oxygen atoms in total. The Kier molecular flexibility index (Phi) is 3.88. The van der Waals surface area contributed by atoms with Crippen molar-refractivity contribution in [3.05, 3.63) is 12.4 Å². The lowest BCUT2D eigenvalue weighted by Gasteiger charge is -2.35. The molecule has 7 heteroatoms. The predicted octanol–water partition coefficient (Wildman–Crippen LogP) is 0.680. The molecule has 3 heterocycles. The van der Waals surface area contributed by atoms with E-state index in [-0.39, 0.29) is 23.3 Å². The van der Waals surface area contributed by atoms with Crippen LogP contribution in [0.2, 0.25) is 0 Å². The van der Waals surface area contributed by atoms with Gasteiger partial charge in [0.2, 0.25) is 0 Å². The minimum Gasteiger partial charge on any atom is -0.399 e. The van der Waals surface area contributed by atoms with Crippen LogP contribution in [-0.4, -0.2) is 53.0 Å². The maximum absolute atomic E-state index is 9.86. The fraction of sp³-hybridized carbons (Fsp3) is 0.800. The molecule has 3 rings (SSSR count). The second-order valence-corrected chi connectivity index (χ2v) is 7.30. The normalized spacial score (nSPS) is 26.3. The first-order valence-electron chi connectivity index (χ1n) is 7.89. The second-order valence-electron chi connectivity index (χ2n) is 7.30. The van der Waals surface area contributed by atoms with Gasteiger partial charge < -0.3 is 19.2 Å². The van der Waals surface area contributed by atoms with Crippen molar-refractivity contribution in [1.29, 1.82) is 0 Å². The number of rotatable bonds is 3. The van der Waals surface area contributed by atoms with Gasteiger partial charge in [0.25, 0.3) is 0 Å². The van der Waals surface area contributed by atoms with Crippen LogP contribution >= 0.6 is 0 Å². The van der Waals surface area contributed by atoms with E-state index in [0.29, 0.717) is 13.2 Å². The summed E-state index contributed by atoms with van der Waals surface area (Å²) in [4.78, 5) is 0. The first-order valence-corrected chi connectivity index (χ1v) is 7.89. The van der Waals surface area contributed by atoms with E-state index in [9.17, 15) is 5.11 Å². The minimum atomic E-state index is -0.422. The molecule has 1 aromatic rings. The third kappa shape index (κ3) is 2.50. The van der Waals surface area contributed by atoms with Gasteiger partial charge in [-0.05, 0) is 40.5 Å². The summed E-state index contributed by atoms with van der Waals surface area (Å²) in [7, 11) is -0.422. The van der Waals surface area contributed by atoms with Crippen LogP contribution in [0.15, 0.2) is 12.4 Å². The molecule has 22 heavy (non-hydrogen) atoms. The molecular formula is C15H25BN2O4. The second kappa shape index (κ2) is 5.34. The van der Waals surface area contributed by atoms with Gasteiger partial charge >= 0.3 is 7.12 Å². The van der Waals surface area contributed by atoms with Crippen molar-refractivity contribution in [3.63, 3.8) is 0 Å². The fourth-order valence-electron chi connectivity index (χ4n) is 2.91. The molecule has 2 fully saturated rings.